The average Bonchev–Trinajstić information content (AvgIpc) is 2.42. The lowest BCUT2D eigenvalue weighted by atomic mass is 10.0. The van der Waals surface area contributed by atoms with Gasteiger partial charge in [0.05, 0.1) is 11.0 Å². The molecule has 2 rings (SSSR count). The summed E-state index contributed by atoms with van der Waals surface area (Å²) < 4.78 is 19.7. The van der Waals surface area contributed by atoms with Crippen LogP contribution in [0.2, 0.25) is 0 Å². The molecule has 0 N–H and O–H groups in total. The van der Waals surface area contributed by atoms with Gasteiger partial charge >= 0.3 is 5.69 Å². The normalized spacial score (nSPS) is 10.7. The Balaban J connectivity index is 2.46. The van der Waals surface area contributed by atoms with Crippen molar-refractivity contribution in [3.8, 4) is 11.5 Å². The molecule has 0 aliphatic heterocycles. The summed E-state index contributed by atoms with van der Waals surface area (Å²) in [6.45, 7) is 3.99. The van der Waals surface area contributed by atoms with E-state index in [-0.39, 0.29) is 11.7 Å². The second kappa shape index (κ2) is 6.22. The van der Waals surface area contributed by atoms with Gasteiger partial charge in [0.2, 0.25) is 5.75 Å². The zero-order valence-electron chi connectivity index (χ0n) is 11.5. The van der Waals surface area contributed by atoms with Crippen molar-refractivity contribution in [2.24, 2.45) is 0 Å². The Morgan fingerprint density at radius 3 is 2.48 bits per heavy atom. The lowest BCUT2D eigenvalue weighted by Crippen LogP contribution is -1.98. The van der Waals surface area contributed by atoms with Crippen molar-refractivity contribution < 1.29 is 14.1 Å². The van der Waals surface area contributed by atoms with Crippen molar-refractivity contribution in [3.05, 3.63) is 62.4 Å². The lowest BCUT2D eigenvalue weighted by Gasteiger charge is -2.14. The Bertz CT molecular complexity index is 689. The van der Waals surface area contributed by atoms with Gasteiger partial charge in [-0.05, 0) is 41.8 Å². The predicted octanol–water partition coefficient (Wildman–Crippen LogP) is 5.41. The molecule has 0 atom stereocenters. The number of hydrogen-bond donors (Lipinski definition) is 0. The first kappa shape index (κ1) is 15.4. The van der Waals surface area contributed by atoms with Crippen LogP contribution in [0.4, 0.5) is 10.1 Å². The van der Waals surface area contributed by atoms with E-state index < -0.39 is 16.4 Å². The maximum absolute atomic E-state index is 13.1. The topological polar surface area (TPSA) is 52.4 Å². The van der Waals surface area contributed by atoms with Gasteiger partial charge < -0.3 is 4.74 Å². The van der Waals surface area contributed by atoms with Crippen molar-refractivity contribution in [2.75, 3.05) is 0 Å². The molecule has 0 unspecified atom stereocenters. The Hall–Kier alpha value is -1.95. The van der Waals surface area contributed by atoms with Crippen LogP contribution in [0.15, 0.2) is 40.9 Å². The molecule has 0 bridgehead atoms. The van der Waals surface area contributed by atoms with E-state index in [2.05, 4.69) is 15.9 Å². The molecule has 2 aromatic rings. The van der Waals surface area contributed by atoms with Crippen molar-refractivity contribution in [2.45, 2.75) is 19.8 Å². The van der Waals surface area contributed by atoms with Gasteiger partial charge in [0, 0.05) is 4.47 Å². The fourth-order valence-corrected chi connectivity index (χ4v) is 2.28. The Morgan fingerprint density at radius 1 is 1.19 bits per heavy atom. The van der Waals surface area contributed by atoms with Gasteiger partial charge in [-0.2, -0.15) is 0 Å². The standard InChI is InChI=1S/C15H13BrFNO3/c1-9(2)12-7-10(16)3-5-14(12)21-15-6-4-11(17)8-13(15)18(19)20/h3-9H,1-2H3. The third-order valence-electron chi connectivity index (χ3n) is 2.93. The van der Waals surface area contributed by atoms with Gasteiger partial charge in [0.25, 0.3) is 0 Å². The Labute approximate surface area is 129 Å². The Kier molecular flexibility index (Phi) is 4.57. The number of nitro groups is 1. The first-order chi connectivity index (χ1) is 9.88. The van der Waals surface area contributed by atoms with Crippen LogP contribution < -0.4 is 4.74 Å². The van der Waals surface area contributed by atoms with Crippen LogP contribution in [-0.2, 0) is 0 Å². The summed E-state index contributed by atoms with van der Waals surface area (Å²) in [5.41, 5.74) is 0.510. The molecule has 6 heteroatoms. The molecule has 0 saturated heterocycles. The molecule has 21 heavy (non-hydrogen) atoms. The molecule has 0 amide bonds. The minimum atomic E-state index is -0.672. The quantitative estimate of drug-likeness (QED) is 0.545. The second-order valence-electron chi connectivity index (χ2n) is 4.81. The molecule has 2 aromatic carbocycles. The molecule has 0 aromatic heterocycles. The molecular formula is C15H13BrFNO3. The van der Waals surface area contributed by atoms with Crippen LogP contribution in [0, 0.1) is 15.9 Å². The van der Waals surface area contributed by atoms with E-state index in [0.717, 1.165) is 22.2 Å². The maximum Gasteiger partial charge on any atom is 0.314 e. The summed E-state index contributed by atoms with van der Waals surface area (Å²) in [5, 5.41) is 11.0. The van der Waals surface area contributed by atoms with E-state index in [1.807, 2.05) is 19.9 Å². The van der Waals surface area contributed by atoms with Crippen LogP contribution in [0.3, 0.4) is 0 Å². The third-order valence-corrected chi connectivity index (χ3v) is 3.42. The zero-order chi connectivity index (χ0) is 15.6. The summed E-state index contributed by atoms with van der Waals surface area (Å²) >= 11 is 3.38. The van der Waals surface area contributed by atoms with Crippen molar-refractivity contribution in [1.29, 1.82) is 0 Å². The predicted molar refractivity (Wildman–Crippen MR) is 81.4 cm³/mol. The molecule has 0 radical (unpaired) electrons. The van der Waals surface area contributed by atoms with E-state index in [0.29, 0.717) is 5.75 Å². The van der Waals surface area contributed by atoms with E-state index in [1.165, 1.54) is 6.07 Å². The van der Waals surface area contributed by atoms with Gasteiger partial charge in [-0.3, -0.25) is 10.1 Å². The minimum Gasteiger partial charge on any atom is -0.450 e. The molecule has 4 nitrogen and oxygen atoms in total. The second-order valence-corrected chi connectivity index (χ2v) is 5.72. The minimum absolute atomic E-state index is 0.0191. The molecule has 110 valence electrons. The van der Waals surface area contributed by atoms with Crippen LogP contribution in [0.1, 0.15) is 25.3 Å². The highest BCUT2D eigenvalue weighted by Crippen LogP contribution is 2.36. The number of nitro benzene ring substituents is 1. The van der Waals surface area contributed by atoms with Gasteiger partial charge in [-0.25, -0.2) is 4.39 Å². The van der Waals surface area contributed by atoms with Crippen molar-refractivity contribution in [1.82, 2.24) is 0 Å². The first-order valence-electron chi connectivity index (χ1n) is 6.29. The monoisotopic (exact) mass is 353 g/mol. The number of nitrogens with zero attached hydrogens (tertiary/aromatic N) is 1. The van der Waals surface area contributed by atoms with Crippen molar-refractivity contribution >= 4 is 21.6 Å². The highest BCUT2D eigenvalue weighted by Gasteiger charge is 2.19. The number of halogens is 2. The smallest absolute Gasteiger partial charge is 0.314 e. The SMILES string of the molecule is CC(C)c1cc(Br)ccc1Oc1ccc(F)cc1[N+](=O)[O-]. The van der Waals surface area contributed by atoms with E-state index in [1.54, 1.807) is 12.1 Å². The summed E-state index contributed by atoms with van der Waals surface area (Å²) in [7, 11) is 0. The molecule has 0 spiro atoms. The number of benzene rings is 2. The van der Waals surface area contributed by atoms with E-state index in [9.17, 15) is 14.5 Å². The molecule has 0 aliphatic rings. The molecule has 0 saturated carbocycles. The fourth-order valence-electron chi connectivity index (χ4n) is 1.90. The highest BCUT2D eigenvalue weighted by molar-refractivity contribution is 9.10. The summed E-state index contributed by atoms with van der Waals surface area (Å²) in [5.74, 6) is 0.0412. The lowest BCUT2D eigenvalue weighted by molar-refractivity contribution is -0.385. The van der Waals surface area contributed by atoms with Crippen LogP contribution in [0.5, 0.6) is 11.5 Å². The average molecular weight is 354 g/mol. The summed E-state index contributed by atoms with van der Waals surface area (Å²) in [6.07, 6.45) is 0. The van der Waals surface area contributed by atoms with Gasteiger partial charge in [0.15, 0.2) is 0 Å². The molecule has 0 fully saturated rings. The third kappa shape index (κ3) is 3.58. The van der Waals surface area contributed by atoms with Gasteiger partial charge in [0.1, 0.15) is 11.6 Å². The number of rotatable bonds is 4. The van der Waals surface area contributed by atoms with E-state index >= 15 is 0 Å². The van der Waals surface area contributed by atoms with Crippen LogP contribution >= 0.6 is 15.9 Å². The Morgan fingerprint density at radius 2 is 1.86 bits per heavy atom. The first-order valence-corrected chi connectivity index (χ1v) is 7.09. The zero-order valence-corrected chi connectivity index (χ0v) is 13.1. The van der Waals surface area contributed by atoms with Crippen LogP contribution in [-0.4, -0.2) is 4.92 Å². The number of ether oxygens (including phenoxy) is 1. The molecule has 0 heterocycles. The largest absolute Gasteiger partial charge is 0.450 e. The summed E-state index contributed by atoms with van der Waals surface area (Å²) in [4.78, 5) is 10.3. The van der Waals surface area contributed by atoms with Gasteiger partial charge in [-0.15, -0.1) is 0 Å². The maximum atomic E-state index is 13.1. The van der Waals surface area contributed by atoms with Crippen LogP contribution in [0.25, 0.3) is 0 Å². The molecular weight excluding hydrogens is 341 g/mol. The molecule has 0 aliphatic carbocycles. The van der Waals surface area contributed by atoms with Crippen molar-refractivity contribution in [3.63, 3.8) is 0 Å². The van der Waals surface area contributed by atoms with E-state index in [4.69, 9.17) is 4.74 Å². The highest BCUT2D eigenvalue weighted by atomic mass is 79.9. The van der Waals surface area contributed by atoms with Gasteiger partial charge in [-0.1, -0.05) is 29.8 Å². The fraction of sp³-hybridized carbons (Fsp3) is 0.200. The number of hydrogen-bond acceptors (Lipinski definition) is 3. The summed E-state index contributed by atoms with van der Waals surface area (Å²) in [6, 6.07) is 8.66.